The highest BCUT2D eigenvalue weighted by molar-refractivity contribution is 7.89. The molecule has 32 heavy (non-hydrogen) atoms. The monoisotopic (exact) mass is 476 g/mol. The summed E-state index contributed by atoms with van der Waals surface area (Å²) in [4.78, 5) is 43.7. The zero-order valence-electron chi connectivity index (χ0n) is 17.0. The number of hydrogen-bond donors (Lipinski definition) is 2. The Hall–Kier alpha value is -3.09. The van der Waals surface area contributed by atoms with Crippen molar-refractivity contribution >= 4 is 49.1 Å². The third-order valence-corrected chi connectivity index (χ3v) is 7.26. The van der Waals surface area contributed by atoms with Gasteiger partial charge in [-0.2, -0.15) is 0 Å². The summed E-state index contributed by atoms with van der Waals surface area (Å²) in [6.45, 7) is 1.69. The molecule has 2 heterocycles. The largest absolute Gasteiger partial charge is 0.466 e. The number of nitrogens with one attached hydrogen (secondary N) is 1. The fraction of sp³-hybridized carbons (Fsp3) is 0.300. The molecule has 2 aromatic heterocycles. The number of benzene rings is 1. The van der Waals surface area contributed by atoms with Gasteiger partial charge in [-0.05, 0) is 49.6 Å². The van der Waals surface area contributed by atoms with Gasteiger partial charge in [0.05, 0.1) is 29.1 Å². The summed E-state index contributed by atoms with van der Waals surface area (Å²) in [5.74, 6) is -1.36. The summed E-state index contributed by atoms with van der Waals surface area (Å²) in [7, 11) is -3.84. The number of rotatable bonds is 6. The average molecular weight is 477 g/mol. The first-order valence-electron chi connectivity index (χ1n) is 9.79. The van der Waals surface area contributed by atoms with Crippen LogP contribution in [0.15, 0.2) is 40.3 Å². The predicted octanol–water partition coefficient (Wildman–Crippen LogP) is 1.34. The Morgan fingerprint density at radius 3 is 2.69 bits per heavy atom. The third-order valence-electron chi connectivity index (χ3n) is 5.15. The molecule has 0 unspecified atom stereocenters. The normalized spacial score (nSPS) is 15.5. The Labute approximate surface area is 187 Å². The number of primary sulfonamides is 1. The number of anilines is 1. The molecule has 1 aliphatic rings. The zero-order valence-corrected chi connectivity index (χ0v) is 18.7. The van der Waals surface area contributed by atoms with Crippen molar-refractivity contribution in [3.05, 3.63) is 51.4 Å². The van der Waals surface area contributed by atoms with Gasteiger partial charge in [-0.1, -0.05) is 0 Å². The number of fused-ring (bicyclic) bond motifs is 3. The highest BCUT2D eigenvalue weighted by Gasteiger charge is 2.35. The van der Waals surface area contributed by atoms with Crippen LogP contribution in [0.1, 0.15) is 29.7 Å². The summed E-state index contributed by atoms with van der Waals surface area (Å²) in [6, 6.07) is 5.35. The van der Waals surface area contributed by atoms with Gasteiger partial charge in [-0.3, -0.25) is 19.0 Å². The Kier molecular flexibility index (Phi) is 5.84. The minimum absolute atomic E-state index is 0.0798. The maximum absolute atomic E-state index is 13.1. The molecule has 168 valence electrons. The smallest absolute Gasteiger partial charge is 0.313 e. The summed E-state index contributed by atoms with van der Waals surface area (Å²) >= 11 is 1.38. The van der Waals surface area contributed by atoms with Crippen molar-refractivity contribution in [1.29, 1.82) is 0 Å². The number of thiophene rings is 1. The lowest BCUT2D eigenvalue weighted by atomic mass is 10.0. The van der Waals surface area contributed by atoms with Crippen LogP contribution < -0.4 is 16.0 Å². The van der Waals surface area contributed by atoms with Gasteiger partial charge in [-0.25, -0.2) is 18.5 Å². The lowest BCUT2D eigenvalue weighted by molar-refractivity contribution is -0.144. The van der Waals surface area contributed by atoms with Crippen molar-refractivity contribution in [2.24, 2.45) is 5.14 Å². The average Bonchev–Trinajstić information content (AvgIpc) is 3.29. The maximum atomic E-state index is 13.1. The molecule has 1 aliphatic carbocycles. The van der Waals surface area contributed by atoms with Crippen LogP contribution in [-0.2, 0) is 37.3 Å². The van der Waals surface area contributed by atoms with Gasteiger partial charge < -0.3 is 10.1 Å². The molecule has 10 nitrogen and oxygen atoms in total. The highest BCUT2D eigenvalue weighted by Crippen LogP contribution is 2.42. The van der Waals surface area contributed by atoms with E-state index in [4.69, 9.17) is 9.88 Å². The predicted molar refractivity (Wildman–Crippen MR) is 118 cm³/mol. The number of amides is 1. The van der Waals surface area contributed by atoms with E-state index in [0.29, 0.717) is 34.3 Å². The topological polar surface area (TPSA) is 150 Å². The Balaban J connectivity index is 1.58. The first-order chi connectivity index (χ1) is 15.2. The van der Waals surface area contributed by atoms with Crippen LogP contribution in [-0.4, -0.2) is 36.5 Å². The standard InChI is InChI=1S/C20H20N4O6S2/c1-2-30-20(27)13-7-8-14-16(13)17-18(31-14)22-10-24(19(17)26)9-15(25)23-11-3-5-12(6-4-11)32(21,28)29/h3-6,10,13H,2,7-9H2,1H3,(H,23,25)(H2,21,28,29)/t13-/m0/s1. The van der Waals surface area contributed by atoms with Crippen molar-refractivity contribution in [2.75, 3.05) is 11.9 Å². The highest BCUT2D eigenvalue weighted by atomic mass is 32.2. The van der Waals surface area contributed by atoms with Gasteiger partial charge in [0.1, 0.15) is 11.4 Å². The fourth-order valence-corrected chi connectivity index (χ4v) is 5.46. The second kappa shape index (κ2) is 8.45. The van der Waals surface area contributed by atoms with E-state index in [1.807, 2.05) is 0 Å². The summed E-state index contributed by atoms with van der Waals surface area (Å²) in [5.41, 5.74) is 0.612. The van der Waals surface area contributed by atoms with Crippen LogP contribution in [0.25, 0.3) is 10.2 Å². The minimum atomic E-state index is -3.84. The maximum Gasteiger partial charge on any atom is 0.313 e. The van der Waals surface area contributed by atoms with Gasteiger partial charge >= 0.3 is 5.97 Å². The molecule has 0 bridgehead atoms. The van der Waals surface area contributed by atoms with Crippen LogP contribution in [0.2, 0.25) is 0 Å². The van der Waals surface area contributed by atoms with Crippen LogP contribution in [0.4, 0.5) is 5.69 Å². The van der Waals surface area contributed by atoms with Gasteiger partial charge in [0.25, 0.3) is 5.56 Å². The molecular weight excluding hydrogens is 456 g/mol. The van der Waals surface area contributed by atoms with Crippen molar-refractivity contribution in [3.63, 3.8) is 0 Å². The second-order valence-corrected chi connectivity index (χ2v) is 9.90. The van der Waals surface area contributed by atoms with E-state index >= 15 is 0 Å². The zero-order chi connectivity index (χ0) is 23.0. The first kappa shape index (κ1) is 22.1. The number of aryl methyl sites for hydroxylation is 1. The number of ether oxygens (including phenoxy) is 1. The van der Waals surface area contributed by atoms with E-state index in [1.54, 1.807) is 6.92 Å². The van der Waals surface area contributed by atoms with Crippen LogP contribution >= 0.6 is 11.3 Å². The molecule has 0 saturated heterocycles. The van der Waals surface area contributed by atoms with Crippen molar-refractivity contribution in [1.82, 2.24) is 9.55 Å². The summed E-state index contributed by atoms with van der Waals surface area (Å²) in [5, 5.41) is 8.01. The molecule has 0 saturated carbocycles. The summed E-state index contributed by atoms with van der Waals surface area (Å²) < 4.78 is 29.0. The minimum Gasteiger partial charge on any atom is -0.466 e. The number of aromatic nitrogens is 2. The van der Waals surface area contributed by atoms with Gasteiger partial charge in [0.2, 0.25) is 15.9 Å². The Morgan fingerprint density at radius 2 is 2.03 bits per heavy atom. The first-order valence-corrected chi connectivity index (χ1v) is 12.2. The Bertz CT molecular complexity index is 1380. The molecule has 3 aromatic rings. The second-order valence-electron chi connectivity index (χ2n) is 7.26. The molecule has 4 rings (SSSR count). The molecule has 1 amide bonds. The third kappa shape index (κ3) is 4.16. The van der Waals surface area contributed by atoms with E-state index in [1.165, 1.54) is 46.5 Å². The van der Waals surface area contributed by atoms with Crippen LogP contribution in [0, 0.1) is 0 Å². The molecule has 12 heteroatoms. The number of esters is 1. The summed E-state index contributed by atoms with van der Waals surface area (Å²) in [6.07, 6.45) is 2.56. The molecule has 1 aromatic carbocycles. The number of hydrogen-bond acceptors (Lipinski definition) is 8. The van der Waals surface area contributed by atoms with Gasteiger partial charge in [0, 0.05) is 10.6 Å². The van der Waals surface area contributed by atoms with Gasteiger partial charge in [0.15, 0.2) is 0 Å². The molecule has 1 atom stereocenters. The van der Waals surface area contributed by atoms with E-state index in [9.17, 15) is 22.8 Å². The van der Waals surface area contributed by atoms with Crippen molar-refractivity contribution < 1.29 is 22.7 Å². The Morgan fingerprint density at radius 1 is 1.31 bits per heavy atom. The van der Waals surface area contributed by atoms with E-state index < -0.39 is 27.4 Å². The van der Waals surface area contributed by atoms with E-state index in [-0.39, 0.29) is 24.0 Å². The van der Waals surface area contributed by atoms with Crippen LogP contribution in [0.5, 0.6) is 0 Å². The number of nitrogens with zero attached hydrogens (tertiary/aromatic N) is 2. The van der Waals surface area contributed by atoms with Crippen molar-refractivity contribution in [2.45, 2.75) is 37.1 Å². The van der Waals surface area contributed by atoms with Gasteiger partial charge in [-0.15, -0.1) is 11.3 Å². The fourth-order valence-electron chi connectivity index (χ4n) is 3.74. The number of carbonyl (C=O) groups is 2. The molecule has 3 N–H and O–H groups in total. The molecule has 0 spiro atoms. The number of sulfonamides is 1. The SMILES string of the molecule is CCOC(=O)[C@H]1CCc2sc3ncn(CC(=O)Nc4ccc(S(N)(=O)=O)cc4)c(=O)c3c21. The number of nitrogens with two attached hydrogens (primary N) is 1. The molecule has 0 radical (unpaired) electrons. The van der Waals surface area contributed by atoms with E-state index in [2.05, 4.69) is 10.3 Å². The molecule has 0 aliphatic heterocycles. The lowest BCUT2D eigenvalue weighted by Gasteiger charge is -2.11. The molecular formula is C20H20N4O6S2. The number of carbonyl (C=O) groups excluding carboxylic acids is 2. The van der Waals surface area contributed by atoms with Crippen LogP contribution in [0.3, 0.4) is 0 Å². The molecule has 0 fully saturated rings. The van der Waals surface area contributed by atoms with E-state index in [0.717, 1.165) is 4.88 Å². The van der Waals surface area contributed by atoms with Crippen molar-refractivity contribution in [3.8, 4) is 0 Å². The lowest BCUT2D eigenvalue weighted by Crippen LogP contribution is -2.28. The quantitative estimate of drug-likeness (QED) is 0.510.